The standard InChI is InChI=1S/C22H38N4O2S/c1-2-22(21-25)29(27,28)26(19-15-11-7-3-5-9-13-17-23)20-16-12-8-4-6-10-14-18-24/h22H,2-16,19-20H2,1H3. The minimum atomic E-state index is -3.57. The van der Waals surface area contributed by atoms with Gasteiger partial charge in [-0.25, -0.2) is 12.7 Å². The first kappa shape index (κ1) is 27.4. The van der Waals surface area contributed by atoms with Gasteiger partial charge >= 0.3 is 0 Å². The molecule has 164 valence electrons. The molecule has 0 N–H and O–H groups in total. The quantitative estimate of drug-likeness (QED) is 0.258. The largest absolute Gasteiger partial charge is 0.230 e. The highest BCUT2D eigenvalue weighted by Crippen LogP contribution is 2.16. The number of rotatable bonds is 19. The molecular weight excluding hydrogens is 384 g/mol. The summed E-state index contributed by atoms with van der Waals surface area (Å²) >= 11 is 0. The summed E-state index contributed by atoms with van der Waals surface area (Å²) in [5.41, 5.74) is 0. The molecule has 0 spiro atoms. The first-order valence-corrected chi connectivity index (χ1v) is 12.7. The van der Waals surface area contributed by atoms with Crippen LogP contribution < -0.4 is 0 Å². The van der Waals surface area contributed by atoms with Gasteiger partial charge in [-0.15, -0.1) is 0 Å². The molecule has 0 aromatic heterocycles. The number of hydrogen-bond acceptors (Lipinski definition) is 5. The summed E-state index contributed by atoms with van der Waals surface area (Å²) in [6, 6.07) is 6.25. The Kier molecular flexibility index (Phi) is 17.4. The smallest absolute Gasteiger partial charge is 0.211 e. The molecule has 6 nitrogen and oxygen atoms in total. The fraction of sp³-hybridized carbons (Fsp3) is 0.864. The summed E-state index contributed by atoms with van der Waals surface area (Å²) < 4.78 is 27.2. The Morgan fingerprint density at radius 1 is 0.690 bits per heavy atom. The normalized spacial score (nSPS) is 12.2. The molecule has 0 saturated heterocycles. The second-order valence-electron chi connectivity index (χ2n) is 7.53. The van der Waals surface area contributed by atoms with Crippen molar-refractivity contribution in [3.05, 3.63) is 0 Å². The lowest BCUT2D eigenvalue weighted by atomic mass is 10.1. The highest BCUT2D eigenvalue weighted by Gasteiger charge is 2.30. The SMILES string of the molecule is CCC(C#N)S(=O)(=O)N(CCCCCCCCC#N)CCCCCCCCC#N. The van der Waals surface area contributed by atoms with E-state index in [1.165, 1.54) is 4.31 Å². The number of nitriles is 3. The highest BCUT2D eigenvalue weighted by atomic mass is 32.2. The maximum Gasteiger partial charge on any atom is 0.230 e. The molecule has 0 aliphatic rings. The maximum absolute atomic E-state index is 12.8. The van der Waals surface area contributed by atoms with E-state index in [-0.39, 0.29) is 0 Å². The molecule has 0 bridgehead atoms. The Balaban J connectivity index is 4.37. The van der Waals surface area contributed by atoms with E-state index in [9.17, 15) is 13.7 Å². The molecule has 0 aliphatic carbocycles. The van der Waals surface area contributed by atoms with Crippen LogP contribution in [0.4, 0.5) is 0 Å². The Morgan fingerprint density at radius 3 is 1.41 bits per heavy atom. The van der Waals surface area contributed by atoms with Gasteiger partial charge in [0.2, 0.25) is 10.0 Å². The third-order valence-corrected chi connectivity index (χ3v) is 7.37. The van der Waals surface area contributed by atoms with E-state index in [2.05, 4.69) is 12.1 Å². The van der Waals surface area contributed by atoms with E-state index in [0.29, 0.717) is 32.4 Å². The van der Waals surface area contributed by atoms with Crippen molar-refractivity contribution >= 4 is 10.0 Å². The molecule has 0 radical (unpaired) electrons. The van der Waals surface area contributed by atoms with E-state index in [1.54, 1.807) is 6.92 Å². The summed E-state index contributed by atoms with van der Waals surface area (Å²) in [6.07, 6.45) is 13.3. The van der Waals surface area contributed by atoms with Crippen molar-refractivity contribution in [1.29, 1.82) is 15.8 Å². The summed E-state index contributed by atoms with van der Waals surface area (Å²) in [5.74, 6) is 0. The molecule has 0 saturated carbocycles. The van der Waals surface area contributed by atoms with Gasteiger partial charge in [-0.2, -0.15) is 15.8 Å². The van der Waals surface area contributed by atoms with E-state index in [4.69, 9.17) is 10.5 Å². The lowest BCUT2D eigenvalue weighted by molar-refractivity contribution is 0.380. The van der Waals surface area contributed by atoms with Crippen molar-refractivity contribution in [3.8, 4) is 18.2 Å². The summed E-state index contributed by atoms with van der Waals surface area (Å²) in [6.45, 7) is 2.72. The van der Waals surface area contributed by atoms with Crippen LogP contribution in [0.15, 0.2) is 0 Å². The molecule has 0 aromatic rings. The number of sulfonamides is 1. The fourth-order valence-electron chi connectivity index (χ4n) is 3.31. The van der Waals surface area contributed by atoms with Gasteiger partial charge in [0.15, 0.2) is 5.25 Å². The molecule has 29 heavy (non-hydrogen) atoms. The molecule has 1 unspecified atom stereocenters. The Bertz CT molecular complexity index is 599. The van der Waals surface area contributed by atoms with Crippen molar-refractivity contribution in [2.45, 2.75) is 108 Å². The number of hydrogen-bond donors (Lipinski definition) is 0. The molecule has 1 atom stereocenters. The second-order valence-corrected chi connectivity index (χ2v) is 9.64. The molecule has 0 aromatic carbocycles. The Labute approximate surface area is 178 Å². The van der Waals surface area contributed by atoms with Crippen LogP contribution >= 0.6 is 0 Å². The molecule has 0 amide bonds. The van der Waals surface area contributed by atoms with Gasteiger partial charge in [-0.05, 0) is 32.1 Å². The summed E-state index contributed by atoms with van der Waals surface area (Å²) in [4.78, 5) is 0. The van der Waals surface area contributed by atoms with Crippen LogP contribution in [0.2, 0.25) is 0 Å². The predicted molar refractivity (Wildman–Crippen MR) is 116 cm³/mol. The molecule has 7 heteroatoms. The van der Waals surface area contributed by atoms with Crippen molar-refractivity contribution in [2.75, 3.05) is 13.1 Å². The van der Waals surface area contributed by atoms with Crippen LogP contribution in [0.5, 0.6) is 0 Å². The monoisotopic (exact) mass is 422 g/mol. The van der Waals surface area contributed by atoms with Crippen molar-refractivity contribution in [2.24, 2.45) is 0 Å². The van der Waals surface area contributed by atoms with Crippen molar-refractivity contribution < 1.29 is 8.42 Å². The van der Waals surface area contributed by atoms with Crippen LogP contribution in [0.25, 0.3) is 0 Å². The third kappa shape index (κ3) is 13.3. The predicted octanol–water partition coefficient (Wildman–Crippen LogP) is 5.43. The fourth-order valence-corrected chi connectivity index (χ4v) is 4.99. The van der Waals surface area contributed by atoms with Gasteiger partial charge in [-0.1, -0.05) is 58.3 Å². The summed E-state index contributed by atoms with van der Waals surface area (Å²) in [7, 11) is -3.57. The third-order valence-electron chi connectivity index (χ3n) is 5.13. The average molecular weight is 423 g/mol. The Hall–Kier alpha value is -1.62. The second kappa shape index (κ2) is 18.4. The van der Waals surface area contributed by atoms with Gasteiger partial charge in [-0.3, -0.25) is 0 Å². The maximum atomic E-state index is 12.8. The van der Waals surface area contributed by atoms with Gasteiger partial charge in [0.05, 0.1) is 18.2 Å². The minimum absolute atomic E-state index is 0.313. The van der Waals surface area contributed by atoms with Gasteiger partial charge < -0.3 is 0 Å². The molecular formula is C22H38N4O2S. The molecule has 0 aliphatic heterocycles. The van der Waals surface area contributed by atoms with Gasteiger partial charge in [0.25, 0.3) is 0 Å². The zero-order chi connectivity index (χ0) is 21.8. The van der Waals surface area contributed by atoms with Crippen LogP contribution in [-0.4, -0.2) is 31.1 Å². The van der Waals surface area contributed by atoms with E-state index < -0.39 is 15.3 Å². The topological polar surface area (TPSA) is 109 Å². The molecule has 0 heterocycles. The summed E-state index contributed by atoms with van der Waals surface area (Å²) in [5, 5.41) is 25.3. The van der Waals surface area contributed by atoms with Gasteiger partial charge in [0.1, 0.15) is 0 Å². The zero-order valence-corrected chi connectivity index (χ0v) is 18.9. The van der Waals surface area contributed by atoms with Crippen molar-refractivity contribution in [1.82, 2.24) is 4.31 Å². The first-order chi connectivity index (χ1) is 14.0. The van der Waals surface area contributed by atoms with Crippen LogP contribution in [0.1, 0.15) is 103 Å². The van der Waals surface area contributed by atoms with E-state index in [1.807, 2.05) is 6.07 Å². The average Bonchev–Trinajstić information content (AvgIpc) is 2.70. The highest BCUT2D eigenvalue weighted by molar-refractivity contribution is 7.90. The first-order valence-electron chi connectivity index (χ1n) is 11.2. The lowest BCUT2D eigenvalue weighted by Crippen LogP contribution is -2.39. The van der Waals surface area contributed by atoms with Gasteiger partial charge in [0, 0.05) is 25.9 Å². The van der Waals surface area contributed by atoms with Crippen LogP contribution in [0.3, 0.4) is 0 Å². The van der Waals surface area contributed by atoms with E-state index >= 15 is 0 Å². The number of nitrogens with zero attached hydrogens (tertiary/aromatic N) is 4. The molecule has 0 fully saturated rings. The van der Waals surface area contributed by atoms with Crippen LogP contribution in [0, 0.1) is 34.0 Å². The van der Waals surface area contributed by atoms with E-state index in [0.717, 1.165) is 77.0 Å². The molecule has 0 rings (SSSR count). The van der Waals surface area contributed by atoms with Crippen molar-refractivity contribution in [3.63, 3.8) is 0 Å². The Morgan fingerprint density at radius 2 is 1.07 bits per heavy atom. The lowest BCUT2D eigenvalue weighted by Gasteiger charge is -2.24. The van der Waals surface area contributed by atoms with Crippen LogP contribution in [-0.2, 0) is 10.0 Å². The zero-order valence-electron chi connectivity index (χ0n) is 18.1. The number of unbranched alkanes of at least 4 members (excludes halogenated alkanes) is 12. The minimum Gasteiger partial charge on any atom is -0.211 e.